The van der Waals surface area contributed by atoms with Gasteiger partial charge in [-0.1, -0.05) is 53.5 Å². The van der Waals surface area contributed by atoms with Crippen LogP contribution in [0.3, 0.4) is 0 Å². The summed E-state index contributed by atoms with van der Waals surface area (Å²) < 4.78 is 10.8. The molecule has 8 heteroatoms. The second kappa shape index (κ2) is 8.04. The molecule has 3 aromatic carbocycles. The molecule has 1 amide bonds. The predicted octanol–water partition coefficient (Wildman–Crippen LogP) is 5.29. The summed E-state index contributed by atoms with van der Waals surface area (Å²) in [7, 11) is 0. The number of carboxylic acid groups (broad SMARTS) is 1. The van der Waals surface area contributed by atoms with Gasteiger partial charge in [0.05, 0.1) is 6.04 Å². The fraction of sp³-hybridized carbons (Fsp3) is 0.167. The van der Waals surface area contributed by atoms with E-state index in [1.807, 2.05) is 6.07 Å². The zero-order valence-electron chi connectivity index (χ0n) is 16.6. The number of aliphatic carboxylic acids is 1. The van der Waals surface area contributed by atoms with Crippen molar-refractivity contribution < 1.29 is 24.2 Å². The van der Waals surface area contributed by atoms with Gasteiger partial charge in [-0.15, -0.1) is 0 Å². The standard InChI is InChI=1S/C24H17Cl2NO5/c25-14-6-7-17(18(26)10-14)22-21(24(29)30)15-3-1-2-4-16(15)23(28)27(22)11-13-5-8-19-20(9-13)32-12-31-19/h1-10,21-22H,11-12H2,(H,29,30). The number of carbonyl (C=O) groups is 2. The summed E-state index contributed by atoms with van der Waals surface area (Å²) in [4.78, 5) is 27.6. The van der Waals surface area contributed by atoms with E-state index in [4.69, 9.17) is 32.7 Å². The number of carbonyl (C=O) groups excluding carboxylic acids is 1. The highest BCUT2D eigenvalue weighted by Crippen LogP contribution is 2.46. The van der Waals surface area contributed by atoms with Crippen molar-refractivity contribution in [1.82, 2.24) is 4.90 Å². The van der Waals surface area contributed by atoms with Crippen molar-refractivity contribution in [1.29, 1.82) is 0 Å². The number of amides is 1. The van der Waals surface area contributed by atoms with Crippen LogP contribution in [0.25, 0.3) is 0 Å². The first-order valence-corrected chi connectivity index (χ1v) is 10.7. The van der Waals surface area contributed by atoms with Crippen molar-refractivity contribution in [3.8, 4) is 11.5 Å². The van der Waals surface area contributed by atoms with E-state index in [0.29, 0.717) is 38.2 Å². The smallest absolute Gasteiger partial charge is 0.313 e. The van der Waals surface area contributed by atoms with Gasteiger partial charge in [-0.3, -0.25) is 9.59 Å². The molecule has 2 aliphatic rings. The van der Waals surface area contributed by atoms with Gasteiger partial charge in [0.1, 0.15) is 5.92 Å². The van der Waals surface area contributed by atoms with E-state index < -0.39 is 17.9 Å². The zero-order chi connectivity index (χ0) is 22.4. The van der Waals surface area contributed by atoms with Gasteiger partial charge < -0.3 is 19.5 Å². The first-order valence-electron chi connectivity index (χ1n) is 9.90. The lowest BCUT2D eigenvalue weighted by molar-refractivity contribution is -0.140. The number of hydrogen-bond acceptors (Lipinski definition) is 4. The number of halogens is 2. The molecule has 2 unspecified atom stereocenters. The van der Waals surface area contributed by atoms with Gasteiger partial charge in [-0.05, 0) is 47.0 Å². The van der Waals surface area contributed by atoms with Gasteiger partial charge in [-0.25, -0.2) is 0 Å². The lowest BCUT2D eigenvalue weighted by Crippen LogP contribution is -2.44. The number of hydrogen-bond donors (Lipinski definition) is 1. The third kappa shape index (κ3) is 3.45. The fourth-order valence-corrected chi connectivity index (χ4v) is 4.88. The second-order valence-electron chi connectivity index (χ2n) is 7.63. The van der Waals surface area contributed by atoms with Crippen molar-refractivity contribution in [2.24, 2.45) is 0 Å². The van der Waals surface area contributed by atoms with E-state index >= 15 is 0 Å². The normalized spacial score (nSPS) is 19.1. The number of nitrogens with zero attached hydrogens (tertiary/aromatic N) is 1. The maximum atomic E-state index is 13.6. The summed E-state index contributed by atoms with van der Waals surface area (Å²) in [5, 5.41) is 10.9. The van der Waals surface area contributed by atoms with Crippen LogP contribution in [0.4, 0.5) is 0 Å². The minimum absolute atomic E-state index is 0.138. The number of benzene rings is 3. The van der Waals surface area contributed by atoms with E-state index in [0.717, 1.165) is 5.56 Å². The minimum Gasteiger partial charge on any atom is -0.481 e. The van der Waals surface area contributed by atoms with E-state index in [1.54, 1.807) is 59.5 Å². The molecule has 0 radical (unpaired) electrons. The summed E-state index contributed by atoms with van der Waals surface area (Å²) in [5.74, 6) is -1.10. The van der Waals surface area contributed by atoms with Crippen molar-refractivity contribution >= 4 is 35.1 Å². The molecule has 0 aromatic heterocycles. The summed E-state index contributed by atoms with van der Waals surface area (Å²) >= 11 is 12.6. The highest BCUT2D eigenvalue weighted by Gasteiger charge is 2.45. The summed E-state index contributed by atoms with van der Waals surface area (Å²) in [5.41, 5.74) is 2.12. The molecule has 6 nitrogen and oxygen atoms in total. The predicted molar refractivity (Wildman–Crippen MR) is 118 cm³/mol. The summed E-state index contributed by atoms with van der Waals surface area (Å²) in [6.07, 6.45) is 0. The van der Waals surface area contributed by atoms with E-state index in [9.17, 15) is 14.7 Å². The quantitative estimate of drug-likeness (QED) is 0.561. The molecular weight excluding hydrogens is 453 g/mol. The van der Waals surface area contributed by atoms with Crippen LogP contribution < -0.4 is 9.47 Å². The second-order valence-corrected chi connectivity index (χ2v) is 8.48. The summed E-state index contributed by atoms with van der Waals surface area (Å²) in [6, 6.07) is 16.3. The lowest BCUT2D eigenvalue weighted by atomic mass is 9.79. The molecule has 5 rings (SSSR count). The molecule has 0 fully saturated rings. The lowest BCUT2D eigenvalue weighted by Gasteiger charge is -2.41. The molecule has 0 saturated heterocycles. The van der Waals surface area contributed by atoms with Crippen molar-refractivity contribution in [2.75, 3.05) is 6.79 Å². The van der Waals surface area contributed by atoms with E-state index in [-0.39, 0.29) is 19.2 Å². The van der Waals surface area contributed by atoms with Crippen LogP contribution in [0.15, 0.2) is 60.7 Å². The molecule has 0 saturated carbocycles. The Morgan fingerprint density at radius 2 is 1.78 bits per heavy atom. The molecule has 0 spiro atoms. The van der Waals surface area contributed by atoms with Crippen LogP contribution in [0.5, 0.6) is 11.5 Å². The van der Waals surface area contributed by atoms with Crippen LogP contribution in [0.2, 0.25) is 10.0 Å². The van der Waals surface area contributed by atoms with E-state index in [1.165, 1.54) is 0 Å². The van der Waals surface area contributed by atoms with Crippen LogP contribution in [0, 0.1) is 0 Å². The van der Waals surface area contributed by atoms with Crippen LogP contribution in [-0.2, 0) is 11.3 Å². The number of ether oxygens (including phenoxy) is 2. The van der Waals surface area contributed by atoms with Crippen LogP contribution >= 0.6 is 23.2 Å². The number of fused-ring (bicyclic) bond motifs is 2. The van der Waals surface area contributed by atoms with Crippen molar-refractivity contribution in [3.63, 3.8) is 0 Å². The maximum Gasteiger partial charge on any atom is 0.313 e. The van der Waals surface area contributed by atoms with Crippen molar-refractivity contribution in [2.45, 2.75) is 18.5 Å². The average Bonchev–Trinajstić information content (AvgIpc) is 3.23. The Balaban J connectivity index is 1.66. The molecule has 162 valence electrons. The largest absolute Gasteiger partial charge is 0.481 e. The topological polar surface area (TPSA) is 76.1 Å². The first-order chi connectivity index (χ1) is 15.4. The average molecular weight is 470 g/mol. The Labute approximate surface area is 193 Å². The molecule has 0 bridgehead atoms. The SMILES string of the molecule is O=C(O)C1c2ccccc2C(=O)N(Cc2ccc3c(c2)OCO3)C1c1ccc(Cl)cc1Cl. The number of carboxylic acids is 1. The first kappa shape index (κ1) is 20.7. The molecule has 2 aliphatic heterocycles. The Morgan fingerprint density at radius 1 is 1.00 bits per heavy atom. The fourth-order valence-electron chi connectivity index (χ4n) is 4.36. The Morgan fingerprint density at radius 3 is 2.56 bits per heavy atom. The highest BCUT2D eigenvalue weighted by molar-refractivity contribution is 6.35. The Kier molecular flexibility index (Phi) is 5.19. The molecule has 32 heavy (non-hydrogen) atoms. The Hall–Kier alpha value is -3.22. The van der Waals surface area contributed by atoms with Gasteiger partial charge in [0.15, 0.2) is 11.5 Å². The van der Waals surface area contributed by atoms with Gasteiger partial charge in [-0.2, -0.15) is 0 Å². The van der Waals surface area contributed by atoms with Crippen LogP contribution in [0.1, 0.15) is 39.0 Å². The third-order valence-electron chi connectivity index (χ3n) is 5.78. The van der Waals surface area contributed by atoms with E-state index in [2.05, 4.69) is 0 Å². The Bertz CT molecular complexity index is 1240. The maximum absolute atomic E-state index is 13.6. The van der Waals surface area contributed by atoms with Gasteiger partial charge in [0, 0.05) is 22.2 Å². The molecule has 2 atom stereocenters. The monoisotopic (exact) mass is 469 g/mol. The number of rotatable bonds is 4. The van der Waals surface area contributed by atoms with Gasteiger partial charge in [0.25, 0.3) is 5.91 Å². The third-order valence-corrected chi connectivity index (χ3v) is 6.34. The highest BCUT2D eigenvalue weighted by atomic mass is 35.5. The van der Waals surface area contributed by atoms with Gasteiger partial charge >= 0.3 is 5.97 Å². The molecule has 1 N–H and O–H groups in total. The molecule has 2 heterocycles. The van der Waals surface area contributed by atoms with Crippen molar-refractivity contribution in [3.05, 3.63) is 93.0 Å². The molecule has 3 aromatic rings. The molecular formula is C24H17Cl2NO5. The molecule has 0 aliphatic carbocycles. The summed E-state index contributed by atoms with van der Waals surface area (Å²) in [6.45, 7) is 0.302. The van der Waals surface area contributed by atoms with Crippen LogP contribution in [-0.4, -0.2) is 28.7 Å². The zero-order valence-corrected chi connectivity index (χ0v) is 18.1. The van der Waals surface area contributed by atoms with Gasteiger partial charge in [0.2, 0.25) is 6.79 Å². The minimum atomic E-state index is -1.04.